The van der Waals surface area contributed by atoms with Gasteiger partial charge in [-0.15, -0.1) is 11.8 Å². The molecule has 6 heteroatoms. The molecule has 1 aromatic rings. The number of nitro groups is 1. The standard InChI is InChI=1S/C11H14N2O3S/c14-9-3-1-2-4-10(9)17-11-6-5-8(7-12-11)13(15)16/h5-7,9-10,14H,1-4H2/t9-,10-/m1/s1. The summed E-state index contributed by atoms with van der Waals surface area (Å²) in [6.45, 7) is 0. The second-order valence-corrected chi connectivity index (χ2v) is 5.38. The van der Waals surface area contributed by atoms with Gasteiger partial charge in [0, 0.05) is 11.3 Å². The Hall–Kier alpha value is -1.14. The van der Waals surface area contributed by atoms with E-state index in [0.717, 1.165) is 30.7 Å². The van der Waals surface area contributed by atoms with E-state index in [-0.39, 0.29) is 17.0 Å². The third-order valence-corrected chi connectivity index (χ3v) is 4.21. The van der Waals surface area contributed by atoms with E-state index < -0.39 is 4.92 Å². The van der Waals surface area contributed by atoms with Crippen LogP contribution in [0.2, 0.25) is 0 Å². The predicted molar refractivity (Wildman–Crippen MR) is 65.0 cm³/mol. The molecular formula is C11H14N2O3S. The van der Waals surface area contributed by atoms with Crippen molar-refractivity contribution in [3.05, 3.63) is 28.4 Å². The number of pyridine rings is 1. The number of hydrogen-bond acceptors (Lipinski definition) is 5. The highest BCUT2D eigenvalue weighted by molar-refractivity contribution is 7.99. The molecule has 1 heterocycles. The van der Waals surface area contributed by atoms with Crippen LogP contribution in [0.1, 0.15) is 25.7 Å². The van der Waals surface area contributed by atoms with Crippen molar-refractivity contribution in [1.82, 2.24) is 4.98 Å². The Morgan fingerprint density at radius 3 is 2.76 bits per heavy atom. The summed E-state index contributed by atoms with van der Waals surface area (Å²) in [7, 11) is 0. The summed E-state index contributed by atoms with van der Waals surface area (Å²) in [5.74, 6) is 0. The Labute approximate surface area is 103 Å². The lowest BCUT2D eigenvalue weighted by molar-refractivity contribution is -0.385. The zero-order valence-corrected chi connectivity index (χ0v) is 10.1. The number of aliphatic hydroxyl groups is 1. The lowest BCUT2D eigenvalue weighted by atomic mass is 9.97. The van der Waals surface area contributed by atoms with Crippen LogP contribution in [0.15, 0.2) is 23.4 Å². The smallest absolute Gasteiger partial charge is 0.287 e. The quantitative estimate of drug-likeness (QED) is 0.662. The molecule has 0 aliphatic heterocycles. The number of thioether (sulfide) groups is 1. The third kappa shape index (κ3) is 3.17. The van der Waals surface area contributed by atoms with Crippen LogP contribution in [0.3, 0.4) is 0 Å². The van der Waals surface area contributed by atoms with Gasteiger partial charge in [-0.1, -0.05) is 12.8 Å². The Morgan fingerprint density at radius 1 is 1.41 bits per heavy atom. The van der Waals surface area contributed by atoms with E-state index in [9.17, 15) is 15.2 Å². The molecule has 1 aromatic heterocycles. The summed E-state index contributed by atoms with van der Waals surface area (Å²) in [5.41, 5.74) is -0.00135. The van der Waals surface area contributed by atoms with Crippen molar-refractivity contribution in [1.29, 1.82) is 0 Å². The Morgan fingerprint density at radius 2 is 2.18 bits per heavy atom. The molecule has 1 saturated carbocycles. The fourth-order valence-corrected chi connectivity index (χ4v) is 3.07. The predicted octanol–water partition coefficient (Wildman–Crippen LogP) is 2.39. The molecular weight excluding hydrogens is 240 g/mol. The molecule has 0 unspecified atom stereocenters. The van der Waals surface area contributed by atoms with Gasteiger partial charge in [-0.2, -0.15) is 0 Å². The monoisotopic (exact) mass is 254 g/mol. The molecule has 0 saturated heterocycles. The Balaban J connectivity index is 2.00. The summed E-state index contributed by atoms with van der Waals surface area (Å²) in [6.07, 6.45) is 4.99. The van der Waals surface area contributed by atoms with Gasteiger partial charge >= 0.3 is 0 Å². The van der Waals surface area contributed by atoms with Gasteiger partial charge in [0.1, 0.15) is 6.20 Å². The number of rotatable bonds is 3. The van der Waals surface area contributed by atoms with Gasteiger partial charge in [-0.3, -0.25) is 10.1 Å². The fourth-order valence-electron chi connectivity index (χ4n) is 1.92. The Bertz CT molecular complexity index is 396. The molecule has 92 valence electrons. The van der Waals surface area contributed by atoms with Crippen LogP contribution in [0.4, 0.5) is 5.69 Å². The van der Waals surface area contributed by atoms with Crippen LogP contribution in [0, 0.1) is 10.1 Å². The minimum atomic E-state index is -0.461. The largest absolute Gasteiger partial charge is 0.392 e. The highest BCUT2D eigenvalue weighted by atomic mass is 32.2. The molecule has 0 radical (unpaired) electrons. The van der Waals surface area contributed by atoms with Gasteiger partial charge in [-0.05, 0) is 18.9 Å². The molecule has 0 amide bonds. The molecule has 1 aliphatic carbocycles. The van der Waals surface area contributed by atoms with E-state index in [1.165, 1.54) is 24.0 Å². The molecule has 5 nitrogen and oxygen atoms in total. The molecule has 2 atom stereocenters. The minimum Gasteiger partial charge on any atom is -0.392 e. The van der Waals surface area contributed by atoms with E-state index in [0.29, 0.717) is 0 Å². The molecule has 0 spiro atoms. The van der Waals surface area contributed by atoms with Crippen molar-refractivity contribution < 1.29 is 10.0 Å². The molecule has 2 rings (SSSR count). The van der Waals surface area contributed by atoms with Crippen molar-refractivity contribution in [2.75, 3.05) is 0 Å². The summed E-state index contributed by atoms with van der Waals surface area (Å²) in [4.78, 5) is 14.1. The van der Waals surface area contributed by atoms with Gasteiger partial charge < -0.3 is 5.11 Å². The van der Waals surface area contributed by atoms with Crippen molar-refractivity contribution >= 4 is 17.4 Å². The van der Waals surface area contributed by atoms with Gasteiger partial charge in [0.15, 0.2) is 0 Å². The van der Waals surface area contributed by atoms with Crippen molar-refractivity contribution in [3.63, 3.8) is 0 Å². The third-order valence-electron chi connectivity index (χ3n) is 2.87. The van der Waals surface area contributed by atoms with Gasteiger partial charge in [0.05, 0.1) is 16.1 Å². The van der Waals surface area contributed by atoms with E-state index >= 15 is 0 Å². The zero-order valence-electron chi connectivity index (χ0n) is 9.28. The van der Waals surface area contributed by atoms with Crippen LogP contribution in [0.5, 0.6) is 0 Å². The maximum Gasteiger partial charge on any atom is 0.287 e. The first kappa shape index (κ1) is 12.3. The molecule has 17 heavy (non-hydrogen) atoms. The average Bonchev–Trinajstić information content (AvgIpc) is 2.33. The molecule has 1 fully saturated rings. The number of hydrogen-bond donors (Lipinski definition) is 1. The average molecular weight is 254 g/mol. The van der Waals surface area contributed by atoms with Gasteiger partial charge in [0.2, 0.25) is 0 Å². The van der Waals surface area contributed by atoms with Gasteiger partial charge in [-0.25, -0.2) is 4.98 Å². The maximum absolute atomic E-state index is 10.5. The number of aromatic nitrogens is 1. The van der Waals surface area contributed by atoms with E-state index in [2.05, 4.69) is 4.98 Å². The molecule has 0 aromatic carbocycles. The van der Waals surface area contributed by atoms with Gasteiger partial charge in [0.25, 0.3) is 5.69 Å². The second kappa shape index (κ2) is 5.46. The van der Waals surface area contributed by atoms with E-state index in [4.69, 9.17) is 0 Å². The Kier molecular flexibility index (Phi) is 3.96. The van der Waals surface area contributed by atoms with Crippen LogP contribution in [-0.2, 0) is 0 Å². The highest BCUT2D eigenvalue weighted by Gasteiger charge is 2.24. The topological polar surface area (TPSA) is 76.3 Å². The normalized spacial score (nSPS) is 24.5. The molecule has 1 N–H and O–H groups in total. The first-order valence-electron chi connectivity index (χ1n) is 5.62. The van der Waals surface area contributed by atoms with Crippen molar-refractivity contribution in [2.24, 2.45) is 0 Å². The summed E-state index contributed by atoms with van der Waals surface area (Å²) in [6, 6.07) is 3.09. The first-order valence-corrected chi connectivity index (χ1v) is 6.50. The van der Waals surface area contributed by atoms with Crippen LogP contribution in [0.25, 0.3) is 0 Å². The maximum atomic E-state index is 10.5. The van der Waals surface area contributed by atoms with Crippen LogP contribution >= 0.6 is 11.8 Å². The lowest BCUT2D eigenvalue weighted by Crippen LogP contribution is -2.26. The van der Waals surface area contributed by atoms with Crippen molar-refractivity contribution in [3.8, 4) is 0 Å². The number of nitrogens with zero attached hydrogens (tertiary/aromatic N) is 2. The fraction of sp³-hybridized carbons (Fsp3) is 0.545. The highest BCUT2D eigenvalue weighted by Crippen LogP contribution is 2.33. The van der Waals surface area contributed by atoms with Crippen LogP contribution in [-0.4, -0.2) is 26.4 Å². The zero-order chi connectivity index (χ0) is 12.3. The van der Waals surface area contributed by atoms with E-state index in [1.54, 1.807) is 6.07 Å². The lowest BCUT2D eigenvalue weighted by Gasteiger charge is -2.26. The van der Waals surface area contributed by atoms with E-state index in [1.807, 2.05) is 0 Å². The first-order chi connectivity index (χ1) is 8.16. The summed E-state index contributed by atoms with van der Waals surface area (Å²) < 4.78 is 0. The molecule has 1 aliphatic rings. The summed E-state index contributed by atoms with van der Waals surface area (Å²) in [5, 5.41) is 21.2. The van der Waals surface area contributed by atoms with Crippen molar-refractivity contribution in [2.45, 2.75) is 42.1 Å². The summed E-state index contributed by atoms with van der Waals surface area (Å²) >= 11 is 1.51. The second-order valence-electron chi connectivity index (χ2n) is 4.12. The SMILES string of the molecule is O=[N+]([O-])c1ccc(S[C@@H]2CCCC[C@H]2O)nc1. The van der Waals surface area contributed by atoms with Crippen LogP contribution < -0.4 is 0 Å². The number of aliphatic hydroxyl groups excluding tert-OH is 1. The minimum absolute atomic E-state index is 0.00135. The molecule has 0 bridgehead atoms.